The summed E-state index contributed by atoms with van der Waals surface area (Å²) < 4.78 is 52.1. The molecular weight excluding hydrogens is 439 g/mol. The molecule has 2 heterocycles. The molecule has 164 valence electrons. The van der Waals surface area contributed by atoms with Crippen molar-refractivity contribution in [2.24, 2.45) is 0 Å². The number of aromatic nitrogens is 3. The maximum absolute atomic E-state index is 12.6. The van der Waals surface area contributed by atoms with Crippen molar-refractivity contribution in [1.29, 1.82) is 0 Å². The maximum atomic E-state index is 12.6. The maximum Gasteiger partial charge on any atom is 1.00 e. The molecule has 7 N–H and O–H groups in total. The van der Waals surface area contributed by atoms with Gasteiger partial charge < -0.3 is 37.0 Å². The topological polar surface area (TPSA) is 181 Å². The molecular formula is C16H22F2N3NaO7S. The van der Waals surface area contributed by atoms with Crippen molar-refractivity contribution >= 4 is 21.8 Å². The largest absolute Gasteiger partial charge is 1.00 e. The number of methoxy groups -OCH3 is 2. The van der Waals surface area contributed by atoms with Crippen molar-refractivity contribution in [1.82, 2.24) is 15.0 Å². The summed E-state index contributed by atoms with van der Waals surface area (Å²) in [6.45, 7) is -2.92. The van der Waals surface area contributed by atoms with E-state index in [4.69, 9.17) is 9.47 Å². The van der Waals surface area contributed by atoms with Crippen molar-refractivity contribution in [2.45, 2.75) is 17.5 Å². The number of alkyl halides is 2. The number of imidazole rings is 1. The molecule has 0 amide bonds. The Bertz CT molecular complexity index is 968. The summed E-state index contributed by atoms with van der Waals surface area (Å²) >= 11 is 0. The Labute approximate surface area is 196 Å². The third-order valence-corrected chi connectivity index (χ3v) is 4.67. The van der Waals surface area contributed by atoms with Crippen LogP contribution in [-0.4, -0.2) is 56.4 Å². The normalized spacial score (nSPS) is 10.7. The number of nitrogens with one attached hydrogen (secondary N) is 1. The molecule has 0 radical (unpaired) electrons. The van der Waals surface area contributed by atoms with Crippen LogP contribution in [0.5, 0.6) is 17.2 Å². The molecule has 0 saturated heterocycles. The van der Waals surface area contributed by atoms with E-state index in [2.05, 4.69) is 19.7 Å². The first kappa shape index (κ1) is 30.3. The number of ether oxygens (including phenoxy) is 3. The van der Waals surface area contributed by atoms with Gasteiger partial charge in [-0.25, -0.2) is 4.98 Å². The molecule has 1 unspecified atom stereocenters. The molecule has 0 aliphatic rings. The first-order chi connectivity index (χ1) is 12.5. The molecule has 0 spiro atoms. The van der Waals surface area contributed by atoms with Gasteiger partial charge in [0.2, 0.25) is 0 Å². The summed E-state index contributed by atoms with van der Waals surface area (Å²) in [6.07, 6.45) is 1.53. The minimum Gasteiger partial charge on any atom is -1.00 e. The van der Waals surface area contributed by atoms with Crippen LogP contribution in [0.4, 0.5) is 8.78 Å². The van der Waals surface area contributed by atoms with Gasteiger partial charge in [-0.2, -0.15) is 8.78 Å². The minimum absolute atomic E-state index is 0. The van der Waals surface area contributed by atoms with Crippen molar-refractivity contribution < 1.29 is 74.6 Å². The zero-order valence-electron chi connectivity index (χ0n) is 17.4. The number of hydrogen-bond donors (Lipinski definition) is 1. The number of aromatic amines is 1. The fourth-order valence-corrected chi connectivity index (χ4v) is 3.41. The van der Waals surface area contributed by atoms with Crippen LogP contribution in [0.15, 0.2) is 35.6 Å². The second kappa shape index (κ2) is 13.4. The molecule has 2 aromatic heterocycles. The summed E-state index contributed by atoms with van der Waals surface area (Å²) in [4.78, 5) is 11.3. The van der Waals surface area contributed by atoms with Gasteiger partial charge in [0.05, 0.1) is 47.5 Å². The number of benzene rings is 1. The fraction of sp³-hybridized carbons (Fsp3) is 0.250. The van der Waals surface area contributed by atoms with Gasteiger partial charge in [0.15, 0.2) is 16.7 Å². The molecule has 0 aliphatic carbocycles. The summed E-state index contributed by atoms with van der Waals surface area (Å²) in [5.41, 5.74) is 1.38. The van der Waals surface area contributed by atoms with Crippen molar-refractivity contribution in [3.63, 3.8) is 0 Å². The molecule has 30 heavy (non-hydrogen) atoms. The van der Waals surface area contributed by atoms with Crippen molar-refractivity contribution in [3.8, 4) is 17.2 Å². The van der Waals surface area contributed by atoms with Crippen LogP contribution in [0.1, 0.15) is 7.12 Å². The van der Waals surface area contributed by atoms with E-state index in [1.54, 1.807) is 6.07 Å². The van der Waals surface area contributed by atoms with E-state index in [1.165, 1.54) is 38.6 Å². The first-order valence-corrected chi connectivity index (χ1v) is 8.72. The monoisotopic (exact) mass is 461 g/mol. The number of fused-ring (bicyclic) bond motifs is 1. The van der Waals surface area contributed by atoms with Crippen LogP contribution < -0.4 is 43.8 Å². The van der Waals surface area contributed by atoms with Crippen LogP contribution in [0.3, 0.4) is 0 Å². The van der Waals surface area contributed by atoms with Crippen LogP contribution in [0, 0.1) is 0 Å². The van der Waals surface area contributed by atoms with E-state index in [0.29, 0.717) is 28.2 Å². The fourth-order valence-electron chi connectivity index (χ4n) is 2.40. The van der Waals surface area contributed by atoms with E-state index in [9.17, 15) is 13.0 Å². The van der Waals surface area contributed by atoms with Gasteiger partial charge in [-0.1, -0.05) is 0 Å². The van der Waals surface area contributed by atoms with E-state index in [0.717, 1.165) is 0 Å². The summed E-state index contributed by atoms with van der Waals surface area (Å²) in [5, 5.41) is 0.195. The third kappa shape index (κ3) is 6.84. The molecule has 0 bridgehead atoms. The second-order valence-corrected chi connectivity index (χ2v) is 6.45. The molecule has 1 atom stereocenters. The Morgan fingerprint density at radius 2 is 1.87 bits per heavy atom. The van der Waals surface area contributed by atoms with Gasteiger partial charge >= 0.3 is 36.2 Å². The van der Waals surface area contributed by atoms with Crippen LogP contribution in [-0.2, 0) is 16.6 Å². The Morgan fingerprint density at radius 1 is 1.17 bits per heavy atom. The molecule has 14 heteroatoms. The van der Waals surface area contributed by atoms with Crippen molar-refractivity contribution in [2.75, 3.05) is 14.2 Å². The Morgan fingerprint density at radius 3 is 2.47 bits per heavy atom. The zero-order chi connectivity index (χ0) is 18.7. The van der Waals surface area contributed by atoms with Crippen LogP contribution in [0.2, 0.25) is 0 Å². The van der Waals surface area contributed by atoms with Gasteiger partial charge in [0, 0.05) is 18.3 Å². The van der Waals surface area contributed by atoms with E-state index >= 15 is 0 Å². The summed E-state index contributed by atoms with van der Waals surface area (Å²) in [7, 11) is 1.41. The number of nitrogens with zero attached hydrogens (tertiary/aromatic N) is 2. The zero-order valence-corrected chi connectivity index (χ0v) is 19.2. The minimum atomic E-state index is -2.92. The average molecular weight is 461 g/mol. The number of pyridine rings is 1. The van der Waals surface area contributed by atoms with E-state index in [-0.39, 0.29) is 64.1 Å². The molecule has 0 saturated carbocycles. The van der Waals surface area contributed by atoms with Crippen LogP contribution in [0.25, 0.3) is 11.0 Å². The molecule has 3 aromatic rings. The van der Waals surface area contributed by atoms with Gasteiger partial charge in [-0.3, -0.25) is 9.19 Å². The van der Waals surface area contributed by atoms with E-state index < -0.39 is 17.4 Å². The Kier molecular flexibility index (Phi) is 13.6. The molecule has 0 fully saturated rings. The molecule has 10 nitrogen and oxygen atoms in total. The number of hydrogen-bond acceptors (Lipinski definition) is 6. The SMILES string of the molecule is COc1ccnc(CS(=O)c2nc3ccc(OC(F)F)cc3[nH]2)c1OC.O.O.O.[H-].[Na+]. The smallest absolute Gasteiger partial charge is 1.00 e. The first-order valence-electron chi connectivity index (χ1n) is 7.40. The molecule has 3 rings (SSSR count). The third-order valence-electron chi connectivity index (χ3n) is 3.51. The quantitative estimate of drug-likeness (QED) is 0.380. The number of H-pyrrole nitrogens is 1. The standard InChI is InChI=1S/C16H15F2N3O4S.Na.3H2O.H/c1-23-13-5-6-19-12(14(13)24-2)8-26(22)16-20-10-4-3-9(25-15(17)18)7-11(10)21-16;;;;;/h3-7,15H,8H2,1-2H3,(H,20,21);;3*1H2;/q;+1;;;;-1. The van der Waals surface area contributed by atoms with Gasteiger partial charge in [-0.15, -0.1) is 0 Å². The number of halogens is 2. The predicted molar refractivity (Wildman–Crippen MR) is 102 cm³/mol. The molecule has 0 aliphatic heterocycles. The van der Waals surface area contributed by atoms with E-state index in [1.807, 2.05) is 0 Å². The van der Waals surface area contributed by atoms with Gasteiger partial charge in [-0.05, 0) is 12.1 Å². The van der Waals surface area contributed by atoms with Crippen molar-refractivity contribution in [3.05, 3.63) is 36.2 Å². The second-order valence-electron chi connectivity index (χ2n) is 5.08. The summed E-state index contributed by atoms with van der Waals surface area (Å²) in [6, 6.07) is 5.89. The van der Waals surface area contributed by atoms with Crippen LogP contribution >= 0.6 is 0 Å². The Balaban J connectivity index is -0.00000157. The molecule has 1 aromatic carbocycles. The van der Waals surface area contributed by atoms with Gasteiger partial charge in [0.25, 0.3) is 0 Å². The predicted octanol–water partition coefficient (Wildman–Crippen LogP) is -2.47. The Hall–Kier alpha value is -1.87. The summed E-state index contributed by atoms with van der Waals surface area (Å²) in [5.74, 6) is 0.908. The number of rotatable bonds is 7. The van der Waals surface area contributed by atoms with Gasteiger partial charge in [0.1, 0.15) is 5.75 Å². The average Bonchev–Trinajstić information content (AvgIpc) is 3.04.